The quantitative estimate of drug-likeness (QED) is 0.343. The van der Waals surface area contributed by atoms with Gasteiger partial charge in [0, 0.05) is 0 Å². The van der Waals surface area contributed by atoms with Crippen LogP contribution in [-0.2, 0) is 5.60 Å². The summed E-state index contributed by atoms with van der Waals surface area (Å²) in [5.74, 6) is 1.90. The van der Waals surface area contributed by atoms with Gasteiger partial charge in [-0.15, -0.1) is 0 Å². The molecule has 4 saturated carbocycles. The predicted octanol–water partition coefficient (Wildman–Crippen LogP) is 6.30. The van der Waals surface area contributed by atoms with Crippen molar-refractivity contribution < 1.29 is 20.4 Å². The van der Waals surface area contributed by atoms with E-state index in [1.54, 1.807) is 0 Å². The molecule has 0 aliphatic heterocycles. The number of fused-ring (bicyclic) bond motifs is 5. The molecular weight excluding hydrogens is 496 g/mol. The summed E-state index contributed by atoms with van der Waals surface area (Å²) in [6.07, 6.45) is 6.85. The Hall–Kier alpha value is -1.72. The second-order valence-electron chi connectivity index (χ2n) is 14.6. The smallest absolute Gasteiger partial charge is 0.115 e. The summed E-state index contributed by atoms with van der Waals surface area (Å²) in [7, 11) is 0. The minimum Gasteiger partial charge on any atom is -0.393 e. The van der Waals surface area contributed by atoms with Crippen molar-refractivity contribution in [3.63, 3.8) is 0 Å². The molecule has 4 fully saturated rings. The average molecular weight is 547 g/mol. The Morgan fingerprint density at radius 1 is 0.825 bits per heavy atom. The molecule has 0 heterocycles. The normalized spacial score (nSPS) is 42.0. The van der Waals surface area contributed by atoms with Gasteiger partial charge in [0.2, 0.25) is 0 Å². The second kappa shape index (κ2) is 10.5. The maximum atomic E-state index is 12.1. The van der Waals surface area contributed by atoms with Crippen molar-refractivity contribution in [3.8, 4) is 0 Å². The molecule has 4 nitrogen and oxygen atoms in total. The molecule has 0 saturated heterocycles. The van der Waals surface area contributed by atoms with Gasteiger partial charge in [0.25, 0.3) is 0 Å². The average Bonchev–Trinajstić information content (AvgIpc) is 3.32. The summed E-state index contributed by atoms with van der Waals surface area (Å²) in [5, 5.41) is 46.1. The van der Waals surface area contributed by atoms with E-state index in [9.17, 15) is 20.4 Å². The van der Waals surface area contributed by atoms with Gasteiger partial charge in [0.05, 0.1) is 18.3 Å². The minimum absolute atomic E-state index is 0.0942. The Balaban J connectivity index is 1.24. The maximum absolute atomic E-state index is 12.1. The molecule has 2 aromatic rings. The number of aliphatic hydroxyl groups excluding tert-OH is 3. The highest BCUT2D eigenvalue weighted by Gasteiger charge is 2.65. The Bertz CT molecular complexity index is 1110. The van der Waals surface area contributed by atoms with E-state index < -0.39 is 5.60 Å². The van der Waals surface area contributed by atoms with Gasteiger partial charge in [-0.2, -0.15) is 0 Å². The number of benzene rings is 2. The zero-order chi connectivity index (χ0) is 28.3. The summed E-state index contributed by atoms with van der Waals surface area (Å²) in [5.41, 5.74) is 0.666. The molecule has 218 valence electrons. The van der Waals surface area contributed by atoms with Crippen molar-refractivity contribution in [2.45, 2.75) is 102 Å². The molecule has 0 radical (unpaired) electrons. The second-order valence-corrected chi connectivity index (χ2v) is 14.6. The lowest BCUT2D eigenvalue weighted by Crippen LogP contribution is -2.62. The van der Waals surface area contributed by atoms with Gasteiger partial charge in [-0.1, -0.05) is 81.4 Å². The molecule has 4 heteroatoms. The fourth-order valence-electron chi connectivity index (χ4n) is 10.7. The van der Waals surface area contributed by atoms with Crippen LogP contribution in [0.1, 0.15) is 89.7 Å². The van der Waals surface area contributed by atoms with Crippen LogP contribution in [0.25, 0.3) is 0 Å². The van der Waals surface area contributed by atoms with Crippen molar-refractivity contribution in [1.82, 2.24) is 0 Å². The van der Waals surface area contributed by atoms with Crippen LogP contribution in [0, 0.1) is 46.3 Å². The van der Waals surface area contributed by atoms with Crippen molar-refractivity contribution in [2.24, 2.45) is 46.3 Å². The van der Waals surface area contributed by atoms with Crippen molar-refractivity contribution in [2.75, 3.05) is 0 Å². The molecule has 4 aliphatic rings. The Kier molecular flexibility index (Phi) is 7.47. The minimum atomic E-state index is -1.05. The molecule has 0 bridgehead atoms. The molecule has 4 unspecified atom stereocenters. The number of hydrogen-bond donors (Lipinski definition) is 4. The van der Waals surface area contributed by atoms with Gasteiger partial charge in [-0.05, 0) is 115 Å². The third-order valence-corrected chi connectivity index (χ3v) is 13.0. The predicted molar refractivity (Wildman–Crippen MR) is 158 cm³/mol. The molecule has 2 aromatic carbocycles. The van der Waals surface area contributed by atoms with E-state index in [-0.39, 0.29) is 35.1 Å². The molecule has 0 amide bonds. The highest BCUT2D eigenvalue weighted by molar-refractivity contribution is 5.35. The fraction of sp³-hybridized carbons (Fsp3) is 0.667. The summed E-state index contributed by atoms with van der Waals surface area (Å²) in [6.45, 7) is 7.04. The van der Waals surface area contributed by atoms with Crippen LogP contribution in [0.5, 0.6) is 0 Å². The van der Waals surface area contributed by atoms with E-state index in [4.69, 9.17) is 0 Å². The van der Waals surface area contributed by atoms with E-state index in [0.29, 0.717) is 36.0 Å². The van der Waals surface area contributed by atoms with Crippen LogP contribution in [0.2, 0.25) is 0 Å². The van der Waals surface area contributed by atoms with Crippen molar-refractivity contribution in [1.29, 1.82) is 0 Å². The van der Waals surface area contributed by atoms with Crippen LogP contribution in [0.15, 0.2) is 60.7 Å². The third-order valence-electron chi connectivity index (χ3n) is 13.0. The van der Waals surface area contributed by atoms with E-state index in [0.717, 1.165) is 62.5 Å². The molecule has 4 aliphatic carbocycles. The zero-order valence-electron chi connectivity index (χ0n) is 24.6. The first kappa shape index (κ1) is 28.4. The Labute approximate surface area is 240 Å². The first-order valence-corrected chi connectivity index (χ1v) is 16.0. The van der Waals surface area contributed by atoms with Crippen LogP contribution in [0.3, 0.4) is 0 Å². The van der Waals surface area contributed by atoms with Gasteiger partial charge in [-0.3, -0.25) is 0 Å². The summed E-state index contributed by atoms with van der Waals surface area (Å²) in [6, 6.07) is 20.1. The van der Waals surface area contributed by atoms with E-state index in [1.165, 1.54) is 0 Å². The lowest BCUT2D eigenvalue weighted by atomic mass is 9.43. The standard InChI is InChI=1S/C36H50O4/c1-23(16-19-36(40,24-10-6-4-7-11-24)25-12-8-5-9-13-25)28-14-15-29-33-30(22-32(39)35(28,29)3)34(2)18-17-27(37)20-26(34)21-31(33)38/h4-13,23,26-33,37-40H,14-22H2,1-3H3/t23-,26-,27+,28+,29?,30?,31?,32-,33?,34-,35+/m0/s1. The van der Waals surface area contributed by atoms with Crippen LogP contribution in [-0.4, -0.2) is 38.7 Å². The molecule has 40 heavy (non-hydrogen) atoms. The Morgan fingerprint density at radius 3 is 2.08 bits per heavy atom. The van der Waals surface area contributed by atoms with Crippen LogP contribution >= 0.6 is 0 Å². The van der Waals surface area contributed by atoms with E-state index in [2.05, 4.69) is 20.8 Å². The fourth-order valence-corrected chi connectivity index (χ4v) is 10.7. The van der Waals surface area contributed by atoms with Gasteiger partial charge < -0.3 is 20.4 Å². The maximum Gasteiger partial charge on any atom is 0.115 e. The SMILES string of the molecule is C[C@@H](CCC(O)(c1ccccc1)c1ccccc1)[C@H]1CCC2C3C(O)C[C@@H]4C[C@H](O)CC[C@]4(C)C3C[C@H](O)[C@@]21C. The monoisotopic (exact) mass is 546 g/mol. The van der Waals surface area contributed by atoms with Crippen molar-refractivity contribution in [3.05, 3.63) is 71.8 Å². The largest absolute Gasteiger partial charge is 0.393 e. The molecule has 4 N–H and O–H groups in total. The number of aliphatic hydroxyl groups is 4. The number of rotatable bonds is 6. The first-order valence-electron chi connectivity index (χ1n) is 16.0. The molecule has 0 aromatic heterocycles. The topological polar surface area (TPSA) is 80.9 Å². The summed E-state index contributed by atoms with van der Waals surface area (Å²) < 4.78 is 0. The molecular formula is C36H50O4. The van der Waals surface area contributed by atoms with Gasteiger partial charge in [0.15, 0.2) is 0 Å². The molecule has 11 atom stereocenters. The van der Waals surface area contributed by atoms with Crippen LogP contribution < -0.4 is 0 Å². The van der Waals surface area contributed by atoms with Gasteiger partial charge in [-0.25, -0.2) is 0 Å². The number of hydrogen-bond acceptors (Lipinski definition) is 4. The lowest BCUT2D eigenvalue weighted by Gasteiger charge is -2.63. The van der Waals surface area contributed by atoms with E-state index >= 15 is 0 Å². The molecule has 0 spiro atoms. The highest BCUT2D eigenvalue weighted by atomic mass is 16.3. The highest BCUT2D eigenvalue weighted by Crippen LogP contribution is 2.68. The van der Waals surface area contributed by atoms with Gasteiger partial charge >= 0.3 is 0 Å². The van der Waals surface area contributed by atoms with E-state index in [1.807, 2.05) is 60.7 Å². The third kappa shape index (κ3) is 4.40. The van der Waals surface area contributed by atoms with Crippen LogP contribution in [0.4, 0.5) is 0 Å². The molecule has 6 rings (SSSR count). The Morgan fingerprint density at radius 2 is 1.45 bits per heavy atom. The first-order chi connectivity index (χ1) is 19.1. The van der Waals surface area contributed by atoms with Gasteiger partial charge in [0.1, 0.15) is 5.60 Å². The zero-order valence-corrected chi connectivity index (χ0v) is 24.6. The van der Waals surface area contributed by atoms with Crippen molar-refractivity contribution >= 4 is 0 Å². The lowest BCUT2D eigenvalue weighted by molar-refractivity contribution is -0.207. The summed E-state index contributed by atoms with van der Waals surface area (Å²) in [4.78, 5) is 0. The summed E-state index contributed by atoms with van der Waals surface area (Å²) >= 11 is 0.